The zero-order chi connectivity index (χ0) is 13.8. The molecular formula is C14H13N5S. The van der Waals surface area contributed by atoms with Gasteiger partial charge in [0.25, 0.3) is 0 Å². The zero-order valence-electron chi connectivity index (χ0n) is 10.7. The molecule has 2 N–H and O–H groups in total. The minimum Gasteiger partial charge on any atom is -0.335 e. The molecule has 0 spiro atoms. The SMILES string of the molecule is Nn1c(SCc2cccnc2)nnc1-c1ccccc1. The summed E-state index contributed by atoms with van der Waals surface area (Å²) in [6, 6.07) is 13.7. The van der Waals surface area contributed by atoms with Crippen LogP contribution in [0.5, 0.6) is 0 Å². The van der Waals surface area contributed by atoms with Gasteiger partial charge < -0.3 is 5.84 Å². The number of hydrogen-bond acceptors (Lipinski definition) is 5. The van der Waals surface area contributed by atoms with Crippen molar-refractivity contribution in [1.82, 2.24) is 19.9 Å². The predicted molar refractivity (Wildman–Crippen MR) is 79.4 cm³/mol. The minimum atomic E-state index is 0.666. The number of thioether (sulfide) groups is 1. The van der Waals surface area contributed by atoms with Gasteiger partial charge in [-0.15, -0.1) is 10.2 Å². The number of pyridine rings is 1. The van der Waals surface area contributed by atoms with E-state index in [0.717, 1.165) is 16.9 Å². The summed E-state index contributed by atoms with van der Waals surface area (Å²) in [6.07, 6.45) is 3.59. The lowest BCUT2D eigenvalue weighted by atomic mass is 10.2. The van der Waals surface area contributed by atoms with Crippen LogP contribution in [0.4, 0.5) is 0 Å². The lowest BCUT2D eigenvalue weighted by Gasteiger charge is -2.03. The summed E-state index contributed by atoms with van der Waals surface area (Å²) in [6.45, 7) is 0. The molecular weight excluding hydrogens is 270 g/mol. The molecule has 20 heavy (non-hydrogen) atoms. The van der Waals surface area contributed by atoms with Crippen molar-refractivity contribution in [1.29, 1.82) is 0 Å². The standard InChI is InChI=1S/C14H13N5S/c15-19-13(12-6-2-1-3-7-12)17-18-14(19)20-10-11-5-4-8-16-9-11/h1-9H,10,15H2. The summed E-state index contributed by atoms with van der Waals surface area (Å²) in [7, 11) is 0. The quantitative estimate of drug-likeness (QED) is 0.588. The van der Waals surface area contributed by atoms with Crippen LogP contribution >= 0.6 is 11.8 Å². The fraction of sp³-hybridized carbons (Fsp3) is 0.0714. The van der Waals surface area contributed by atoms with Crippen molar-refractivity contribution in [2.75, 3.05) is 5.84 Å². The molecule has 3 rings (SSSR count). The molecule has 2 aromatic heterocycles. The average Bonchev–Trinajstić information content (AvgIpc) is 2.88. The Balaban J connectivity index is 1.78. The van der Waals surface area contributed by atoms with Gasteiger partial charge in [0.15, 0.2) is 5.82 Å². The van der Waals surface area contributed by atoms with Crippen LogP contribution < -0.4 is 5.84 Å². The van der Waals surface area contributed by atoms with Crippen LogP contribution in [-0.2, 0) is 5.75 Å². The normalized spacial score (nSPS) is 10.6. The van der Waals surface area contributed by atoms with Gasteiger partial charge in [-0.25, -0.2) is 4.68 Å². The average molecular weight is 283 g/mol. The monoisotopic (exact) mass is 283 g/mol. The first kappa shape index (κ1) is 12.7. The van der Waals surface area contributed by atoms with E-state index in [1.54, 1.807) is 6.20 Å². The lowest BCUT2D eigenvalue weighted by molar-refractivity contribution is 0.849. The third kappa shape index (κ3) is 2.65. The van der Waals surface area contributed by atoms with Crippen LogP contribution in [-0.4, -0.2) is 19.9 Å². The molecule has 0 unspecified atom stereocenters. The molecule has 6 heteroatoms. The second-order valence-electron chi connectivity index (χ2n) is 4.19. The summed E-state index contributed by atoms with van der Waals surface area (Å²) in [5, 5.41) is 8.98. The van der Waals surface area contributed by atoms with Crippen LogP contribution in [0, 0.1) is 0 Å². The molecule has 5 nitrogen and oxygen atoms in total. The molecule has 3 aromatic rings. The van der Waals surface area contributed by atoms with Crippen molar-refractivity contribution >= 4 is 11.8 Å². The van der Waals surface area contributed by atoms with Crippen molar-refractivity contribution in [3.63, 3.8) is 0 Å². The molecule has 2 heterocycles. The molecule has 0 aliphatic carbocycles. The molecule has 1 aromatic carbocycles. The van der Waals surface area contributed by atoms with E-state index < -0.39 is 0 Å². The first-order valence-electron chi connectivity index (χ1n) is 6.12. The van der Waals surface area contributed by atoms with Gasteiger partial charge >= 0.3 is 0 Å². The van der Waals surface area contributed by atoms with E-state index in [2.05, 4.69) is 15.2 Å². The number of benzene rings is 1. The maximum Gasteiger partial charge on any atom is 0.210 e. The Labute approximate surface area is 120 Å². The first-order chi connectivity index (χ1) is 9.84. The van der Waals surface area contributed by atoms with Crippen molar-refractivity contribution in [3.05, 3.63) is 60.4 Å². The van der Waals surface area contributed by atoms with E-state index in [-0.39, 0.29) is 0 Å². The highest BCUT2D eigenvalue weighted by atomic mass is 32.2. The number of aromatic nitrogens is 4. The van der Waals surface area contributed by atoms with E-state index in [0.29, 0.717) is 11.0 Å². The Morgan fingerprint density at radius 1 is 1.05 bits per heavy atom. The summed E-state index contributed by atoms with van der Waals surface area (Å²) in [4.78, 5) is 4.08. The molecule has 100 valence electrons. The topological polar surface area (TPSA) is 69.6 Å². The molecule has 0 saturated carbocycles. The Morgan fingerprint density at radius 3 is 2.65 bits per heavy atom. The molecule has 0 bridgehead atoms. The molecule has 0 radical (unpaired) electrons. The molecule has 0 aliphatic rings. The summed E-state index contributed by atoms with van der Waals surface area (Å²) >= 11 is 1.54. The predicted octanol–water partition coefficient (Wildman–Crippen LogP) is 2.35. The number of rotatable bonds is 4. The van der Waals surface area contributed by atoms with Crippen LogP contribution in [0.15, 0.2) is 60.0 Å². The highest BCUT2D eigenvalue weighted by Crippen LogP contribution is 2.23. The molecule has 0 atom stereocenters. The molecule has 0 saturated heterocycles. The number of nitrogen functional groups attached to an aromatic ring is 1. The maximum absolute atomic E-state index is 6.05. The Morgan fingerprint density at radius 2 is 1.90 bits per heavy atom. The van der Waals surface area contributed by atoms with E-state index in [1.165, 1.54) is 16.4 Å². The van der Waals surface area contributed by atoms with Crippen LogP contribution in [0.1, 0.15) is 5.56 Å². The Kier molecular flexibility index (Phi) is 3.64. The van der Waals surface area contributed by atoms with E-state index in [1.807, 2.05) is 48.7 Å². The largest absolute Gasteiger partial charge is 0.335 e. The summed E-state index contributed by atoms with van der Waals surface area (Å²) in [5.74, 6) is 7.48. The van der Waals surface area contributed by atoms with Crippen molar-refractivity contribution < 1.29 is 0 Å². The van der Waals surface area contributed by atoms with Gasteiger partial charge in [0.05, 0.1) is 0 Å². The molecule has 0 amide bonds. The second-order valence-corrected chi connectivity index (χ2v) is 5.13. The third-order valence-electron chi connectivity index (χ3n) is 2.79. The molecule has 0 aliphatic heterocycles. The van der Waals surface area contributed by atoms with E-state index in [4.69, 9.17) is 5.84 Å². The number of nitrogens with zero attached hydrogens (tertiary/aromatic N) is 4. The fourth-order valence-corrected chi connectivity index (χ4v) is 2.58. The number of nitrogens with two attached hydrogens (primary N) is 1. The minimum absolute atomic E-state index is 0.666. The van der Waals surface area contributed by atoms with Gasteiger partial charge in [0.1, 0.15) is 0 Å². The molecule has 0 fully saturated rings. The summed E-state index contributed by atoms with van der Waals surface area (Å²) < 4.78 is 1.52. The Bertz CT molecular complexity index is 681. The fourth-order valence-electron chi connectivity index (χ4n) is 1.79. The van der Waals surface area contributed by atoms with Gasteiger partial charge in [0, 0.05) is 23.7 Å². The highest BCUT2D eigenvalue weighted by molar-refractivity contribution is 7.98. The van der Waals surface area contributed by atoms with Crippen LogP contribution in [0.25, 0.3) is 11.4 Å². The van der Waals surface area contributed by atoms with Gasteiger partial charge in [0.2, 0.25) is 5.16 Å². The first-order valence-corrected chi connectivity index (χ1v) is 7.11. The van der Waals surface area contributed by atoms with Crippen molar-refractivity contribution in [2.45, 2.75) is 10.9 Å². The summed E-state index contributed by atoms with van der Waals surface area (Å²) in [5.41, 5.74) is 2.08. The van der Waals surface area contributed by atoms with Gasteiger partial charge in [-0.3, -0.25) is 4.98 Å². The van der Waals surface area contributed by atoms with E-state index >= 15 is 0 Å². The smallest absolute Gasteiger partial charge is 0.210 e. The van der Waals surface area contributed by atoms with Crippen molar-refractivity contribution in [2.24, 2.45) is 0 Å². The van der Waals surface area contributed by atoms with E-state index in [9.17, 15) is 0 Å². The van der Waals surface area contributed by atoms with Gasteiger partial charge in [-0.05, 0) is 11.6 Å². The third-order valence-corrected chi connectivity index (χ3v) is 3.80. The highest BCUT2D eigenvalue weighted by Gasteiger charge is 2.11. The maximum atomic E-state index is 6.05. The zero-order valence-corrected chi connectivity index (χ0v) is 11.5. The second kappa shape index (κ2) is 5.75. The lowest BCUT2D eigenvalue weighted by Crippen LogP contribution is -2.11. The van der Waals surface area contributed by atoms with Gasteiger partial charge in [-0.2, -0.15) is 0 Å². The Hall–Kier alpha value is -2.34. The van der Waals surface area contributed by atoms with Crippen molar-refractivity contribution in [3.8, 4) is 11.4 Å². The number of hydrogen-bond donors (Lipinski definition) is 1. The van der Waals surface area contributed by atoms with Crippen LogP contribution in [0.2, 0.25) is 0 Å². The van der Waals surface area contributed by atoms with Crippen LogP contribution in [0.3, 0.4) is 0 Å². The van der Waals surface area contributed by atoms with Gasteiger partial charge in [-0.1, -0.05) is 48.2 Å².